The van der Waals surface area contributed by atoms with Crippen LogP contribution in [0.5, 0.6) is 0 Å². The lowest BCUT2D eigenvalue weighted by Gasteiger charge is -2.33. The first-order valence-electron chi connectivity index (χ1n) is 8.08. The molecule has 1 N–H and O–H groups in total. The van der Waals surface area contributed by atoms with Gasteiger partial charge in [-0.15, -0.1) is 0 Å². The Morgan fingerprint density at radius 2 is 2.17 bits per heavy atom. The molecular formula is C18H25FN2O2. The molecule has 1 unspecified atom stereocenters. The molecule has 1 heterocycles. The molecule has 0 saturated carbocycles. The third kappa shape index (κ3) is 6.50. The minimum atomic E-state index is -0.285. The molecule has 1 atom stereocenters. The van der Waals surface area contributed by atoms with E-state index in [4.69, 9.17) is 4.74 Å². The van der Waals surface area contributed by atoms with Crippen molar-refractivity contribution >= 4 is 12.0 Å². The van der Waals surface area contributed by atoms with Gasteiger partial charge in [-0.1, -0.05) is 26.0 Å². The van der Waals surface area contributed by atoms with Gasteiger partial charge in [-0.25, -0.2) is 4.39 Å². The lowest BCUT2D eigenvalue weighted by molar-refractivity contribution is -0.117. The highest BCUT2D eigenvalue weighted by atomic mass is 19.1. The molecule has 1 aromatic rings. The van der Waals surface area contributed by atoms with Crippen LogP contribution < -0.4 is 5.32 Å². The predicted octanol–water partition coefficient (Wildman–Crippen LogP) is 2.31. The molecule has 1 fully saturated rings. The van der Waals surface area contributed by atoms with Gasteiger partial charge in [0, 0.05) is 32.3 Å². The van der Waals surface area contributed by atoms with Gasteiger partial charge >= 0.3 is 0 Å². The maximum absolute atomic E-state index is 12.8. The number of hydrogen-bond acceptors (Lipinski definition) is 3. The fourth-order valence-corrected chi connectivity index (χ4v) is 2.61. The summed E-state index contributed by atoms with van der Waals surface area (Å²) in [6, 6.07) is 6.01. The van der Waals surface area contributed by atoms with Crippen LogP contribution in [-0.4, -0.2) is 49.7 Å². The summed E-state index contributed by atoms with van der Waals surface area (Å²) in [7, 11) is 0. The van der Waals surface area contributed by atoms with Crippen molar-refractivity contribution in [1.82, 2.24) is 10.2 Å². The number of carbonyl (C=O) groups excluding carboxylic acids is 1. The van der Waals surface area contributed by atoms with Crippen molar-refractivity contribution in [3.8, 4) is 0 Å². The SMILES string of the molecule is CC(C)CN1CCOC(CNC(=O)/C=C/c2ccc(F)cc2)C1. The maximum atomic E-state index is 12.8. The number of nitrogens with zero attached hydrogens (tertiary/aromatic N) is 1. The van der Waals surface area contributed by atoms with Gasteiger partial charge in [-0.3, -0.25) is 9.69 Å². The number of morpholine rings is 1. The number of amides is 1. The van der Waals surface area contributed by atoms with E-state index < -0.39 is 0 Å². The number of carbonyl (C=O) groups is 1. The Labute approximate surface area is 137 Å². The van der Waals surface area contributed by atoms with Crippen LogP contribution in [0.1, 0.15) is 19.4 Å². The summed E-state index contributed by atoms with van der Waals surface area (Å²) < 4.78 is 18.5. The lowest BCUT2D eigenvalue weighted by atomic mass is 10.2. The molecule has 5 heteroatoms. The fraction of sp³-hybridized carbons (Fsp3) is 0.500. The molecule has 1 amide bonds. The van der Waals surface area contributed by atoms with Gasteiger partial charge in [-0.05, 0) is 29.7 Å². The molecule has 1 aromatic carbocycles. The minimum absolute atomic E-state index is 0.0330. The first-order chi connectivity index (χ1) is 11.0. The molecule has 0 spiro atoms. The van der Waals surface area contributed by atoms with Crippen molar-refractivity contribution < 1.29 is 13.9 Å². The Hall–Kier alpha value is -1.72. The van der Waals surface area contributed by atoms with Crippen LogP contribution in [0.4, 0.5) is 4.39 Å². The Balaban J connectivity index is 1.74. The summed E-state index contributed by atoms with van der Waals surface area (Å²) in [4.78, 5) is 14.2. The summed E-state index contributed by atoms with van der Waals surface area (Å²) in [6.07, 6.45) is 3.16. The van der Waals surface area contributed by atoms with Crippen LogP contribution in [0.15, 0.2) is 30.3 Å². The van der Waals surface area contributed by atoms with Gasteiger partial charge in [0.2, 0.25) is 5.91 Å². The van der Waals surface area contributed by atoms with E-state index in [0.29, 0.717) is 19.1 Å². The number of rotatable bonds is 6. The average Bonchev–Trinajstić information content (AvgIpc) is 2.52. The second kappa shape index (κ2) is 8.79. The van der Waals surface area contributed by atoms with Crippen LogP contribution >= 0.6 is 0 Å². The Bertz CT molecular complexity index is 528. The van der Waals surface area contributed by atoms with Crippen LogP contribution in [-0.2, 0) is 9.53 Å². The van der Waals surface area contributed by atoms with Crippen LogP contribution in [0.2, 0.25) is 0 Å². The first-order valence-corrected chi connectivity index (χ1v) is 8.08. The smallest absolute Gasteiger partial charge is 0.244 e. The van der Waals surface area contributed by atoms with Gasteiger partial charge in [0.1, 0.15) is 5.82 Å². The van der Waals surface area contributed by atoms with Crippen molar-refractivity contribution in [2.75, 3.05) is 32.8 Å². The predicted molar refractivity (Wildman–Crippen MR) is 89.5 cm³/mol. The van der Waals surface area contributed by atoms with Gasteiger partial charge in [-0.2, -0.15) is 0 Å². The zero-order valence-corrected chi connectivity index (χ0v) is 13.8. The highest BCUT2D eigenvalue weighted by molar-refractivity contribution is 5.91. The van der Waals surface area contributed by atoms with Gasteiger partial charge in [0.15, 0.2) is 0 Å². The van der Waals surface area contributed by atoms with Crippen molar-refractivity contribution in [3.05, 3.63) is 41.7 Å². The van der Waals surface area contributed by atoms with E-state index in [-0.39, 0.29) is 17.8 Å². The molecule has 126 valence electrons. The highest BCUT2D eigenvalue weighted by Crippen LogP contribution is 2.08. The van der Waals surface area contributed by atoms with Gasteiger partial charge in [0.05, 0.1) is 12.7 Å². The summed E-state index contributed by atoms with van der Waals surface area (Å²) in [5, 5.41) is 2.86. The summed E-state index contributed by atoms with van der Waals surface area (Å²) in [5.41, 5.74) is 0.790. The van der Waals surface area contributed by atoms with E-state index >= 15 is 0 Å². The molecular weight excluding hydrogens is 295 g/mol. The largest absolute Gasteiger partial charge is 0.374 e. The Morgan fingerprint density at radius 3 is 2.87 bits per heavy atom. The number of benzene rings is 1. The molecule has 0 radical (unpaired) electrons. The second-order valence-electron chi connectivity index (χ2n) is 6.28. The quantitative estimate of drug-likeness (QED) is 0.818. The number of halogens is 1. The van der Waals surface area contributed by atoms with E-state index in [0.717, 1.165) is 25.2 Å². The maximum Gasteiger partial charge on any atom is 0.244 e. The highest BCUT2D eigenvalue weighted by Gasteiger charge is 2.20. The van der Waals surface area contributed by atoms with E-state index in [9.17, 15) is 9.18 Å². The van der Waals surface area contributed by atoms with E-state index in [1.54, 1.807) is 18.2 Å². The summed E-state index contributed by atoms with van der Waals surface area (Å²) in [6.45, 7) is 8.46. The van der Waals surface area contributed by atoms with Crippen LogP contribution in [0, 0.1) is 11.7 Å². The van der Waals surface area contributed by atoms with Crippen molar-refractivity contribution in [3.63, 3.8) is 0 Å². The average molecular weight is 320 g/mol. The number of ether oxygens (including phenoxy) is 1. The monoisotopic (exact) mass is 320 g/mol. The minimum Gasteiger partial charge on any atom is -0.374 e. The summed E-state index contributed by atoms with van der Waals surface area (Å²) >= 11 is 0. The van der Waals surface area contributed by atoms with Crippen molar-refractivity contribution in [2.24, 2.45) is 5.92 Å². The van der Waals surface area contributed by atoms with Gasteiger partial charge in [0.25, 0.3) is 0 Å². The Kier molecular flexibility index (Phi) is 6.74. The molecule has 0 aliphatic carbocycles. The molecule has 23 heavy (non-hydrogen) atoms. The first kappa shape index (κ1) is 17.6. The Morgan fingerprint density at radius 1 is 1.43 bits per heavy atom. The zero-order valence-electron chi connectivity index (χ0n) is 13.8. The number of hydrogen-bond donors (Lipinski definition) is 1. The molecule has 1 aliphatic heterocycles. The van der Waals surface area contributed by atoms with Crippen molar-refractivity contribution in [1.29, 1.82) is 0 Å². The van der Waals surface area contributed by atoms with Crippen molar-refractivity contribution in [2.45, 2.75) is 20.0 Å². The van der Waals surface area contributed by atoms with E-state index in [2.05, 4.69) is 24.1 Å². The molecule has 0 aromatic heterocycles. The lowest BCUT2D eigenvalue weighted by Crippen LogP contribution is -2.48. The molecule has 0 bridgehead atoms. The molecule has 4 nitrogen and oxygen atoms in total. The topological polar surface area (TPSA) is 41.6 Å². The molecule has 1 saturated heterocycles. The fourth-order valence-electron chi connectivity index (χ4n) is 2.61. The molecule has 2 rings (SSSR count). The normalized spacial score (nSPS) is 19.4. The van der Waals surface area contributed by atoms with E-state index in [1.165, 1.54) is 18.2 Å². The van der Waals surface area contributed by atoms with Gasteiger partial charge < -0.3 is 10.1 Å². The zero-order chi connectivity index (χ0) is 16.7. The number of nitrogens with one attached hydrogen (secondary N) is 1. The standard InChI is InChI=1S/C18H25FN2O2/c1-14(2)12-21-9-10-23-17(13-21)11-20-18(22)8-5-15-3-6-16(19)7-4-15/h3-8,14,17H,9-13H2,1-2H3,(H,20,22)/b8-5+. The van der Waals surface area contributed by atoms with E-state index in [1.807, 2.05) is 0 Å². The second-order valence-corrected chi connectivity index (χ2v) is 6.28. The summed E-state index contributed by atoms with van der Waals surface area (Å²) in [5.74, 6) is 0.174. The third-order valence-corrected chi connectivity index (χ3v) is 3.65. The third-order valence-electron chi connectivity index (χ3n) is 3.65. The van der Waals surface area contributed by atoms with Crippen LogP contribution in [0.3, 0.4) is 0 Å². The van der Waals surface area contributed by atoms with Crippen LogP contribution in [0.25, 0.3) is 6.08 Å². The molecule has 1 aliphatic rings.